The Morgan fingerprint density at radius 1 is 1.39 bits per heavy atom. The van der Waals surface area contributed by atoms with Gasteiger partial charge in [0.05, 0.1) is 6.61 Å². The van der Waals surface area contributed by atoms with E-state index in [1.165, 1.54) is 18.4 Å². The first-order chi connectivity index (χ1) is 8.56. The number of hydrogen-bond acceptors (Lipinski definition) is 2. The predicted octanol–water partition coefficient (Wildman–Crippen LogP) is 4.05. The van der Waals surface area contributed by atoms with Crippen LogP contribution in [0.5, 0.6) is 5.75 Å². The van der Waals surface area contributed by atoms with Crippen LogP contribution in [0, 0.1) is 5.41 Å². The summed E-state index contributed by atoms with van der Waals surface area (Å²) in [4.78, 5) is 0. The molecule has 0 spiro atoms. The highest BCUT2D eigenvalue weighted by Crippen LogP contribution is 2.47. The van der Waals surface area contributed by atoms with Gasteiger partial charge in [0.15, 0.2) is 0 Å². The van der Waals surface area contributed by atoms with Gasteiger partial charge in [-0.3, -0.25) is 0 Å². The molecule has 0 saturated heterocycles. The van der Waals surface area contributed by atoms with Gasteiger partial charge in [0.2, 0.25) is 0 Å². The average Bonchev–Trinajstić information content (AvgIpc) is 2.96. The molecule has 1 fully saturated rings. The zero-order valence-corrected chi connectivity index (χ0v) is 12.6. The first-order valence-electron chi connectivity index (χ1n) is 6.74. The Kier molecular flexibility index (Phi) is 3.15. The number of hydrogen-bond donors (Lipinski definition) is 1. The Morgan fingerprint density at radius 3 is 2.89 bits per heavy atom. The van der Waals surface area contributed by atoms with Gasteiger partial charge in [-0.2, -0.15) is 0 Å². The number of rotatable bonds is 2. The molecule has 1 N–H and O–H groups in total. The molecule has 18 heavy (non-hydrogen) atoms. The van der Waals surface area contributed by atoms with E-state index >= 15 is 0 Å². The fraction of sp³-hybridized carbons (Fsp3) is 0.600. The lowest BCUT2D eigenvalue weighted by Crippen LogP contribution is -2.26. The standard InChI is InChI=1S/C15H20BrNO/c1-15(2)9-14(15)17-12-4-3-7-18-13-8-10(16)5-6-11(12)13/h5-6,8,12,14,17H,3-4,7,9H2,1-2H3. The van der Waals surface area contributed by atoms with Crippen molar-refractivity contribution in [3.8, 4) is 5.75 Å². The van der Waals surface area contributed by atoms with Crippen molar-refractivity contribution in [2.75, 3.05) is 6.61 Å². The normalized spacial score (nSPS) is 29.1. The molecule has 3 heteroatoms. The van der Waals surface area contributed by atoms with Gasteiger partial charge in [0.1, 0.15) is 5.75 Å². The van der Waals surface area contributed by atoms with Crippen LogP contribution in [-0.2, 0) is 0 Å². The van der Waals surface area contributed by atoms with Crippen molar-refractivity contribution in [3.63, 3.8) is 0 Å². The monoisotopic (exact) mass is 309 g/mol. The summed E-state index contributed by atoms with van der Waals surface area (Å²) in [7, 11) is 0. The molecular formula is C15H20BrNO. The van der Waals surface area contributed by atoms with E-state index < -0.39 is 0 Å². The molecule has 0 bridgehead atoms. The minimum atomic E-state index is 0.447. The first-order valence-corrected chi connectivity index (χ1v) is 7.54. The lowest BCUT2D eigenvalue weighted by Gasteiger charge is -2.19. The zero-order valence-electron chi connectivity index (χ0n) is 11.0. The molecule has 3 rings (SSSR count). The third-order valence-electron chi connectivity index (χ3n) is 4.16. The molecule has 1 aliphatic heterocycles. The molecule has 1 aromatic carbocycles. The summed E-state index contributed by atoms with van der Waals surface area (Å²) in [6.45, 7) is 5.50. The molecule has 1 saturated carbocycles. The lowest BCUT2D eigenvalue weighted by atomic mass is 10.0. The Balaban J connectivity index is 1.83. The second-order valence-corrected chi connectivity index (χ2v) is 7.05. The van der Waals surface area contributed by atoms with Crippen molar-refractivity contribution in [1.29, 1.82) is 0 Å². The zero-order chi connectivity index (χ0) is 12.8. The highest BCUT2D eigenvalue weighted by atomic mass is 79.9. The third kappa shape index (κ3) is 2.43. The highest BCUT2D eigenvalue weighted by Gasteiger charge is 2.46. The number of benzene rings is 1. The summed E-state index contributed by atoms with van der Waals surface area (Å²) < 4.78 is 6.93. The van der Waals surface area contributed by atoms with E-state index in [0.717, 1.165) is 23.2 Å². The van der Waals surface area contributed by atoms with E-state index in [4.69, 9.17) is 4.74 Å². The molecule has 2 aliphatic rings. The fourth-order valence-corrected chi connectivity index (χ4v) is 3.05. The summed E-state index contributed by atoms with van der Waals surface area (Å²) >= 11 is 3.52. The number of halogens is 1. The average molecular weight is 310 g/mol. The van der Waals surface area contributed by atoms with E-state index in [1.54, 1.807) is 0 Å². The Hall–Kier alpha value is -0.540. The van der Waals surface area contributed by atoms with E-state index in [1.807, 2.05) is 0 Å². The van der Waals surface area contributed by atoms with Crippen LogP contribution in [-0.4, -0.2) is 12.6 Å². The second-order valence-electron chi connectivity index (χ2n) is 6.14. The van der Waals surface area contributed by atoms with Gasteiger partial charge >= 0.3 is 0 Å². The largest absolute Gasteiger partial charge is 0.493 e. The van der Waals surface area contributed by atoms with Crippen LogP contribution in [0.15, 0.2) is 22.7 Å². The molecule has 0 aromatic heterocycles. The van der Waals surface area contributed by atoms with E-state index in [2.05, 4.69) is 53.3 Å². The number of ether oxygens (including phenoxy) is 1. The maximum Gasteiger partial charge on any atom is 0.125 e. The van der Waals surface area contributed by atoms with Gasteiger partial charge < -0.3 is 10.1 Å². The summed E-state index contributed by atoms with van der Waals surface area (Å²) in [5.41, 5.74) is 1.79. The van der Waals surface area contributed by atoms with Gasteiger partial charge in [-0.1, -0.05) is 35.8 Å². The third-order valence-corrected chi connectivity index (χ3v) is 4.65. The van der Waals surface area contributed by atoms with Crippen molar-refractivity contribution in [2.45, 2.75) is 45.2 Å². The van der Waals surface area contributed by atoms with Crippen molar-refractivity contribution in [2.24, 2.45) is 5.41 Å². The minimum Gasteiger partial charge on any atom is -0.493 e. The Morgan fingerprint density at radius 2 is 2.17 bits per heavy atom. The predicted molar refractivity (Wildman–Crippen MR) is 76.9 cm³/mol. The molecule has 1 heterocycles. The van der Waals surface area contributed by atoms with E-state index in [0.29, 0.717) is 17.5 Å². The van der Waals surface area contributed by atoms with E-state index in [9.17, 15) is 0 Å². The highest BCUT2D eigenvalue weighted by molar-refractivity contribution is 9.10. The second kappa shape index (κ2) is 4.53. The van der Waals surface area contributed by atoms with Gasteiger partial charge in [0.25, 0.3) is 0 Å². The van der Waals surface area contributed by atoms with Crippen molar-refractivity contribution < 1.29 is 4.74 Å². The quantitative estimate of drug-likeness (QED) is 0.890. The molecule has 0 amide bonds. The molecule has 1 aromatic rings. The van der Waals surface area contributed by atoms with Crippen LogP contribution in [0.25, 0.3) is 0 Å². The van der Waals surface area contributed by atoms with Gasteiger partial charge in [-0.05, 0) is 36.8 Å². The van der Waals surface area contributed by atoms with Crippen LogP contribution >= 0.6 is 15.9 Å². The smallest absolute Gasteiger partial charge is 0.125 e. The van der Waals surface area contributed by atoms with Crippen molar-refractivity contribution >= 4 is 15.9 Å². The minimum absolute atomic E-state index is 0.447. The van der Waals surface area contributed by atoms with Crippen molar-refractivity contribution in [1.82, 2.24) is 5.32 Å². The summed E-state index contributed by atoms with van der Waals surface area (Å²) in [5.74, 6) is 1.04. The number of nitrogens with one attached hydrogen (secondary N) is 1. The van der Waals surface area contributed by atoms with Crippen LogP contribution in [0.4, 0.5) is 0 Å². The summed E-state index contributed by atoms with van der Waals surface area (Å²) in [6.07, 6.45) is 3.58. The van der Waals surface area contributed by atoms with Gasteiger partial charge in [-0.15, -0.1) is 0 Å². The molecule has 2 unspecified atom stereocenters. The van der Waals surface area contributed by atoms with E-state index in [-0.39, 0.29) is 0 Å². The van der Waals surface area contributed by atoms with Crippen LogP contribution in [0.1, 0.15) is 44.7 Å². The molecule has 98 valence electrons. The SMILES string of the molecule is CC1(C)CC1NC1CCCOc2cc(Br)ccc21. The number of fused-ring (bicyclic) bond motifs is 1. The lowest BCUT2D eigenvalue weighted by molar-refractivity contribution is 0.314. The summed E-state index contributed by atoms with van der Waals surface area (Å²) in [5, 5.41) is 3.80. The maximum atomic E-state index is 5.84. The van der Waals surface area contributed by atoms with Crippen LogP contribution < -0.4 is 10.1 Å². The molecule has 2 atom stereocenters. The fourth-order valence-electron chi connectivity index (χ4n) is 2.71. The van der Waals surface area contributed by atoms with Gasteiger partial charge in [0, 0.05) is 22.1 Å². The molecule has 0 radical (unpaired) electrons. The first kappa shape index (κ1) is 12.5. The van der Waals surface area contributed by atoms with Gasteiger partial charge in [-0.25, -0.2) is 0 Å². The molecular weight excluding hydrogens is 290 g/mol. The molecule has 1 aliphatic carbocycles. The van der Waals surface area contributed by atoms with Crippen LogP contribution in [0.3, 0.4) is 0 Å². The Bertz CT molecular complexity index is 458. The topological polar surface area (TPSA) is 21.3 Å². The summed E-state index contributed by atoms with van der Waals surface area (Å²) in [6, 6.07) is 7.50. The molecule has 2 nitrogen and oxygen atoms in total. The maximum absolute atomic E-state index is 5.84. The van der Waals surface area contributed by atoms with Crippen molar-refractivity contribution in [3.05, 3.63) is 28.2 Å². The van der Waals surface area contributed by atoms with Crippen LogP contribution in [0.2, 0.25) is 0 Å². The Labute approximate surface area is 117 Å².